The zero-order valence-electron chi connectivity index (χ0n) is 11.8. The summed E-state index contributed by atoms with van der Waals surface area (Å²) >= 11 is 0. The van der Waals surface area contributed by atoms with Gasteiger partial charge in [-0.3, -0.25) is 4.79 Å². The average Bonchev–Trinajstić information content (AvgIpc) is 2.42. The van der Waals surface area contributed by atoms with Gasteiger partial charge in [0.05, 0.1) is 24.6 Å². The summed E-state index contributed by atoms with van der Waals surface area (Å²) in [7, 11) is 0. The summed E-state index contributed by atoms with van der Waals surface area (Å²) in [6.07, 6.45) is -4.91. The van der Waals surface area contributed by atoms with E-state index >= 15 is 0 Å². The summed E-state index contributed by atoms with van der Waals surface area (Å²) in [4.78, 5) is 17.3. The molecule has 21 heavy (non-hydrogen) atoms. The lowest BCUT2D eigenvalue weighted by Crippen LogP contribution is -2.37. The van der Waals surface area contributed by atoms with Crippen LogP contribution in [-0.4, -0.2) is 43.4 Å². The van der Waals surface area contributed by atoms with Crippen LogP contribution >= 0.6 is 0 Å². The minimum absolute atomic E-state index is 0.106. The molecule has 1 fully saturated rings. The quantitative estimate of drug-likeness (QED) is 0.908. The lowest BCUT2D eigenvalue weighted by atomic mass is 10.2. The number of ether oxygens (including phenoxy) is 1. The molecule has 0 bridgehead atoms. The molecule has 0 spiro atoms. The van der Waals surface area contributed by atoms with E-state index in [1.807, 2.05) is 10.2 Å². The number of aromatic nitrogens is 1. The van der Waals surface area contributed by atoms with Crippen molar-refractivity contribution in [2.24, 2.45) is 0 Å². The lowest BCUT2D eigenvalue weighted by Gasteiger charge is -2.28. The van der Waals surface area contributed by atoms with E-state index in [0.717, 1.165) is 0 Å². The normalized spacial score (nSPS) is 16.0. The zero-order chi connectivity index (χ0) is 15.6. The number of aryl methyl sites for hydroxylation is 2. The minimum Gasteiger partial charge on any atom is -0.378 e. The highest BCUT2D eigenvalue weighted by Gasteiger charge is 2.39. The predicted octanol–water partition coefficient (Wildman–Crippen LogP) is 2.04. The SMILES string of the molecule is Cc1cc(N2CCOCC2)nc(C)c1NC(=O)C(F)(F)F. The Morgan fingerprint density at radius 2 is 1.95 bits per heavy atom. The summed E-state index contributed by atoms with van der Waals surface area (Å²) in [6, 6.07) is 1.67. The van der Waals surface area contributed by atoms with Crippen LogP contribution in [0, 0.1) is 13.8 Å². The number of carbonyl (C=O) groups excluding carboxylic acids is 1. The maximum absolute atomic E-state index is 12.3. The lowest BCUT2D eigenvalue weighted by molar-refractivity contribution is -0.167. The molecular formula is C13H16F3N3O2. The molecular weight excluding hydrogens is 287 g/mol. The Kier molecular flexibility index (Phi) is 4.36. The van der Waals surface area contributed by atoms with E-state index in [2.05, 4.69) is 4.98 Å². The highest BCUT2D eigenvalue weighted by atomic mass is 19.4. The predicted molar refractivity (Wildman–Crippen MR) is 71.4 cm³/mol. The fourth-order valence-electron chi connectivity index (χ4n) is 2.14. The van der Waals surface area contributed by atoms with Crippen LogP contribution in [-0.2, 0) is 9.53 Å². The molecule has 2 rings (SSSR count). The number of pyridine rings is 1. The number of morpholine rings is 1. The molecule has 5 nitrogen and oxygen atoms in total. The second kappa shape index (κ2) is 5.88. The van der Waals surface area contributed by atoms with Gasteiger partial charge >= 0.3 is 12.1 Å². The smallest absolute Gasteiger partial charge is 0.378 e. The monoisotopic (exact) mass is 303 g/mol. The van der Waals surface area contributed by atoms with E-state index in [0.29, 0.717) is 43.4 Å². The average molecular weight is 303 g/mol. The number of anilines is 2. The van der Waals surface area contributed by atoms with Crippen LogP contribution in [0.5, 0.6) is 0 Å². The number of rotatable bonds is 2. The number of halogens is 3. The molecule has 0 aliphatic carbocycles. The molecule has 0 atom stereocenters. The Balaban J connectivity index is 2.23. The molecule has 1 aromatic rings. The van der Waals surface area contributed by atoms with Crippen LogP contribution in [0.15, 0.2) is 6.07 Å². The fourth-order valence-corrected chi connectivity index (χ4v) is 2.14. The molecule has 1 amide bonds. The maximum atomic E-state index is 12.3. The van der Waals surface area contributed by atoms with Crippen LogP contribution in [0.3, 0.4) is 0 Å². The Hall–Kier alpha value is -1.83. The maximum Gasteiger partial charge on any atom is 0.471 e. The standard InChI is InChI=1S/C13H16F3N3O2/c1-8-7-10(19-3-5-21-6-4-19)17-9(2)11(8)18-12(20)13(14,15)16/h7H,3-6H2,1-2H3,(H,18,20). The Bertz CT molecular complexity index is 517. The number of hydrogen-bond donors (Lipinski definition) is 1. The molecule has 116 valence electrons. The third-order valence-corrected chi connectivity index (χ3v) is 3.22. The van der Waals surface area contributed by atoms with Crippen LogP contribution in [0.25, 0.3) is 0 Å². The summed E-state index contributed by atoms with van der Waals surface area (Å²) in [6.45, 7) is 5.76. The van der Waals surface area contributed by atoms with Crippen LogP contribution in [0.2, 0.25) is 0 Å². The summed E-state index contributed by atoms with van der Waals surface area (Å²) in [5.41, 5.74) is 1.00. The molecule has 1 aromatic heterocycles. The summed E-state index contributed by atoms with van der Waals surface area (Å²) in [5, 5.41) is 1.88. The Morgan fingerprint density at radius 1 is 1.33 bits per heavy atom. The van der Waals surface area contributed by atoms with E-state index < -0.39 is 12.1 Å². The first-order valence-corrected chi connectivity index (χ1v) is 6.48. The van der Waals surface area contributed by atoms with Crippen molar-refractivity contribution in [1.82, 2.24) is 4.98 Å². The van der Waals surface area contributed by atoms with E-state index in [1.165, 1.54) is 0 Å². The molecule has 0 radical (unpaired) electrons. The van der Waals surface area contributed by atoms with Crippen LogP contribution in [0.1, 0.15) is 11.3 Å². The fraction of sp³-hybridized carbons (Fsp3) is 0.538. The largest absolute Gasteiger partial charge is 0.471 e. The first kappa shape index (κ1) is 15.6. The van der Waals surface area contributed by atoms with Gasteiger partial charge in [0.25, 0.3) is 0 Å². The van der Waals surface area contributed by atoms with Crippen molar-refractivity contribution in [3.05, 3.63) is 17.3 Å². The zero-order valence-corrected chi connectivity index (χ0v) is 11.8. The van der Waals surface area contributed by atoms with Crippen molar-refractivity contribution in [1.29, 1.82) is 0 Å². The van der Waals surface area contributed by atoms with Crippen molar-refractivity contribution < 1.29 is 22.7 Å². The summed E-state index contributed by atoms with van der Waals surface area (Å²) in [5.74, 6) is -1.31. The molecule has 1 aliphatic rings. The third kappa shape index (κ3) is 3.63. The van der Waals surface area contributed by atoms with Crippen LogP contribution in [0.4, 0.5) is 24.7 Å². The van der Waals surface area contributed by atoms with Crippen molar-refractivity contribution in [2.75, 3.05) is 36.5 Å². The van der Waals surface area contributed by atoms with Gasteiger partial charge in [-0.05, 0) is 25.5 Å². The van der Waals surface area contributed by atoms with Crippen molar-refractivity contribution >= 4 is 17.4 Å². The van der Waals surface area contributed by atoms with E-state index in [-0.39, 0.29) is 5.69 Å². The van der Waals surface area contributed by atoms with E-state index in [4.69, 9.17) is 4.74 Å². The van der Waals surface area contributed by atoms with E-state index in [1.54, 1.807) is 19.9 Å². The summed E-state index contributed by atoms with van der Waals surface area (Å²) < 4.78 is 42.2. The second-order valence-corrected chi connectivity index (χ2v) is 4.81. The Morgan fingerprint density at radius 3 is 2.48 bits per heavy atom. The molecule has 0 saturated carbocycles. The van der Waals surface area contributed by atoms with Gasteiger partial charge in [0.2, 0.25) is 0 Å². The van der Waals surface area contributed by atoms with Gasteiger partial charge in [0, 0.05) is 13.1 Å². The van der Waals surface area contributed by atoms with E-state index in [9.17, 15) is 18.0 Å². The second-order valence-electron chi connectivity index (χ2n) is 4.81. The topological polar surface area (TPSA) is 54.5 Å². The van der Waals surface area contributed by atoms with Crippen LogP contribution < -0.4 is 10.2 Å². The molecule has 1 aliphatic heterocycles. The molecule has 1 N–H and O–H groups in total. The highest BCUT2D eigenvalue weighted by Crippen LogP contribution is 2.26. The first-order chi connectivity index (χ1) is 9.79. The third-order valence-electron chi connectivity index (χ3n) is 3.22. The van der Waals surface area contributed by atoms with Gasteiger partial charge in [0.15, 0.2) is 0 Å². The minimum atomic E-state index is -4.91. The van der Waals surface area contributed by atoms with Crippen molar-refractivity contribution in [3.63, 3.8) is 0 Å². The van der Waals surface area contributed by atoms with Gasteiger partial charge in [-0.2, -0.15) is 13.2 Å². The van der Waals surface area contributed by atoms with Gasteiger partial charge in [-0.15, -0.1) is 0 Å². The number of amides is 1. The number of carbonyl (C=O) groups is 1. The van der Waals surface area contributed by atoms with Gasteiger partial charge in [-0.1, -0.05) is 0 Å². The van der Waals surface area contributed by atoms with Gasteiger partial charge < -0.3 is 15.0 Å². The van der Waals surface area contributed by atoms with Gasteiger partial charge in [-0.25, -0.2) is 4.98 Å². The van der Waals surface area contributed by atoms with Gasteiger partial charge in [0.1, 0.15) is 5.82 Å². The molecule has 1 saturated heterocycles. The van der Waals surface area contributed by atoms with Crippen molar-refractivity contribution in [3.8, 4) is 0 Å². The molecule has 8 heteroatoms. The number of hydrogen-bond acceptors (Lipinski definition) is 4. The first-order valence-electron chi connectivity index (χ1n) is 6.48. The van der Waals surface area contributed by atoms with Crippen molar-refractivity contribution in [2.45, 2.75) is 20.0 Å². The highest BCUT2D eigenvalue weighted by molar-refractivity contribution is 5.96. The number of nitrogens with one attached hydrogen (secondary N) is 1. The molecule has 0 unspecified atom stereocenters. The Labute approximate surface area is 120 Å². The number of nitrogens with zero attached hydrogens (tertiary/aromatic N) is 2. The number of alkyl halides is 3. The molecule has 0 aromatic carbocycles. The molecule has 2 heterocycles.